The fourth-order valence-electron chi connectivity index (χ4n) is 8.61. The lowest BCUT2D eigenvalue weighted by molar-refractivity contribution is -0.130. The highest BCUT2D eigenvalue weighted by molar-refractivity contribution is 6.39. The SMILES string of the molecule is O=C1[C@@H]2[C@H](C(=O)N1c1ccc3c(c1)OCO3)[C@@]1(c3ccccc3)C(=O)[C@@]2(c2ccccc2)C(c2ccccc2)=C1c1ccccc1. The van der Waals surface area contributed by atoms with Crippen LogP contribution in [0.5, 0.6) is 11.5 Å². The van der Waals surface area contributed by atoms with Gasteiger partial charge in [-0.05, 0) is 45.5 Å². The van der Waals surface area contributed by atoms with E-state index in [1.807, 2.05) is 121 Å². The van der Waals surface area contributed by atoms with Crippen molar-refractivity contribution in [2.75, 3.05) is 11.7 Å². The Morgan fingerprint density at radius 1 is 0.522 bits per heavy atom. The monoisotopic (exact) mass is 601 g/mol. The number of amides is 2. The highest BCUT2D eigenvalue weighted by Gasteiger charge is 2.82. The second kappa shape index (κ2) is 9.62. The van der Waals surface area contributed by atoms with Crippen molar-refractivity contribution in [2.24, 2.45) is 11.8 Å². The predicted octanol–water partition coefficient (Wildman–Crippen LogP) is 6.60. The maximum Gasteiger partial charge on any atom is 0.239 e. The summed E-state index contributed by atoms with van der Waals surface area (Å²) in [6, 6.07) is 43.9. The van der Waals surface area contributed by atoms with E-state index in [0.29, 0.717) is 28.3 Å². The van der Waals surface area contributed by atoms with Gasteiger partial charge in [-0.1, -0.05) is 121 Å². The normalized spacial score (nSPS) is 25.8. The first kappa shape index (κ1) is 26.6. The van der Waals surface area contributed by atoms with E-state index >= 15 is 14.4 Å². The Kier molecular flexibility index (Phi) is 5.57. The van der Waals surface area contributed by atoms with Gasteiger partial charge in [-0.3, -0.25) is 14.4 Å². The van der Waals surface area contributed by atoms with Gasteiger partial charge in [0.05, 0.1) is 28.4 Å². The molecular formula is C40H27NO5. The van der Waals surface area contributed by atoms with Crippen LogP contribution < -0.4 is 14.4 Å². The van der Waals surface area contributed by atoms with Crippen LogP contribution in [-0.4, -0.2) is 24.4 Å². The van der Waals surface area contributed by atoms with Crippen LogP contribution in [0.1, 0.15) is 22.3 Å². The standard InChI is InChI=1S/C40H27NO5/c42-36-34-35(37(43)41(36)29-21-22-30-31(23-29)46-24-45-30)40(28-19-11-4-12-20-28)33(26-15-7-2-8-16-26)32(25-13-5-1-6-14-25)39(34,38(40)44)27-17-9-3-10-18-27/h1-23,34-35H,24H2/t34-,35+,39-,40-/m0/s1. The summed E-state index contributed by atoms with van der Waals surface area (Å²) in [5.74, 6) is -1.88. The van der Waals surface area contributed by atoms with Gasteiger partial charge in [-0.2, -0.15) is 0 Å². The first-order chi connectivity index (χ1) is 22.6. The molecule has 1 saturated heterocycles. The molecule has 0 N–H and O–H groups in total. The summed E-state index contributed by atoms with van der Waals surface area (Å²) in [4.78, 5) is 47.3. The molecule has 2 heterocycles. The molecule has 2 bridgehead atoms. The summed E-state index contributed by atoms with van der Waals surface area (Å²) < 4.78 is 11.1. The highest BCUT2D eigenvalue weighted by Crippen LogP contribution is 2.74. The molecule has 5 aromatic rings. The number of rotatable bonds is 5. The third-order valence-electron chi connectivity index (χ3n) is 10.2. The maximum absolute atomic E-state index is 15.9. The molecule has 222 valence electrons. The van der Waals surface area contributed by atoms with Gasteiger partial charge in [0.1, 0.15) is 0 Å². The van der Waals surface area contributed by atoms with Crippen molar-refractivity contribution in [1.29, 1.82) is 0 Å². The Hall–Kier alpha value is -5.75. The molecular weight excluding hydrogens is 574 g/mol. The lowest BCUT2D eigenvalue weighted by Crippen LogP contribution is -2.45. The van der Waals surface area contributed by atoms with Crippen molar-refractivity contribution in [3.63, 3.8) is 0 Å². The van der Waals surface area contributed by atoms with Crippen LogP contribution in [0.25, 0.3) is 11.1 Å². The molecule has 2 aliphatic carbocycles. The molecule has 0 aromatic heterocycles. The number of carbonyl (C=O) groups excluding carboxylic acids is 3. The minimum Gasteiger partial charge on any atom is -0.454 e. The molecule has 1 saturated carbocycles. The topological polar surface area (TPSA) is 72.9 Å². The molecule has 0 radical (unpaired) electrons. The number of hydrogen-bond acceptors (Lipinski definition) is 5. The zero-order chi connectivity index (χ0) is 31.0. The molecule has 9 rings (SSSR count). The summed E-state index contributed by atoms with van der Waals surface area (Å²) in [5, 5.41) is 0. The van der Waals surface area contributed by atoms with Gasteiger partial charge in [0.2, 0.25) is 18.6 Å². The van der Waals surface area contributed by atoms with Crippen LogP contribution >= 0.6 is 0 Å². The van der Waals surface area contributed by atoms with Crippen molar-refractivity contribution in [3.05, 3.63) is 162 Å². The highest BCUT2D eigenvalue weighted by atomic mass is 16.7. The molecule has 0 unspecified atom stereocenters. The van der Waals surface area contributed by atoms with Gasteiger partial charge in [0.15, 0.2) is 17.3 Å². The van der Waals surface area contributed by atoms with Crippen LogP contribution in [0.4, 0.5) is 5.69 Å². The summed E-state index contributed by atoms with van der Waals surface area (Å²) in [6.07, 6.45) is 0. The zero-order valence-corrected chi connectivity index (χ0v) is 24.6. The molecule has 6 nitrogen and oxygen atoms in total. The quantitative estimate of drug-likeness (QED) is 0.212. The number of fused-ring (bicyclic) bond motifs is 6. The number of hydrogen-bond donors (Lipinski definition) is 0. The zero-order valence-electron chi connectivity index (χ0n) is 24.6. The summed E-state index contributed by atoms with van der Waals surface area (Å²) in [7, 11) is 0. The van der Waals surface area contributed by atoms with Crippen LogP contribution in [0.3, 0.4) is 0 Å². The van der Waals surface area contributed by atoms with Crippen LogP contribution in [-0.2, 0) is 25.2 Å². The Morgan fingerprint density at radius 3 is 1.43 bits per heavy atom. The third kappa shape index (κ3) is 3.18. The minimum absolute atomic E-state index is 0.0689. The van der Waals surface area contributed by atoms with E-state index in [2.05, 4.69) is 0 Å². The van der Waals surface area contributed by atoms with Crippen LogP contribution in [0.2, 0.25) is 0 Å². The van der Waals surface area contributed by atoms with E-state index in [1.54, 1.807) is 18.2 Å². The lowest BCUT2D eigenvalue weighted by Gasteiger charge is -2.39. The number of anilines is 1. The predicted molar refractivity (Wildman–Crippen MR) is 173 cm³/mol. The van der Waals surface area contributed by atoms with Crippen molar-refractivity contribution >= 4 is 34.4 Å². The van der Waals surface area contributed by atoms with Crippen LogP contribution in [0.15, 0.2) is 140 Å². The van der Waals surface area contributed by atoms with Gasteiger partial charge in [0.25, 0.3) is 0 Å². The Bertz CT molecular complexity index is 1970. The molecule has 0 spiro atoms. The first-order valence-corrected chi connectivity index (χ1v) is 15.4. The van der Waals surface area contributed by atoms with Gasteiger partial charge in [-0.15, -0.1) is 0 Å². The van der Waals surface area contributed by atoms with Crippen molar-refractivity contribution in [1.82, 2.24) is 0 Å². The van der Waals surface area contributed by atoms with E-state index in [-0.39, 0.29) is 12.6 Å². The number of Topliss-reactive ketones (excluding diaryl/α,β-unsaturated/α-hetero) is 1. The Labute approximate surface area is 265 Å². The van der Waals surface area contributed by atoms with Crippen molar-refractivity contribution in [2.45, 2.75) is 10.8 Å². The van der Waals surface area contributed by atoms with E-state index < -0.39 is 34.5 Å². The molecule has 6 heteroatoms. The first-order valence-electron chi connectivity index (χ1n) is 15.4. The summed E-state index contributed by atoms with van der Waals surface area (Å²) in [5.41, 5.74) is 2.15. The van der Waals surface area contributed by atoms with E-state index in [9.17, 15) is 0 Å². The number of nitrogens with zero attached hydrogens (tertiary/aromatic N) is 1. The maximum atomic E-state index is 15.9. The number of imide groups is 1. The number of ketones is 1. The molecule has 4 aliphatic rings. The summed E-state index contributed by atoms with van der Waals surface area (Å²) >= 11 is 0. The number of carbonyl (C=O) groups is 3. The van der Waals surface area contributed by atoms with E-state index in [0.717, 1.165) is 22.3 Å². The van der Waals surface area contributed by atoms with Crippen molar-refractivity contribution in [3.8, 4) is 11.5 Å². The average Bonchev–Trinajstić information content (AvgIpc) is 3.82. The second-order valence-corrected chi connectivity index (χ2v) is 12.2. The number of ether oxygens (including phenoxy) is 2. The van der Waals surface area contributed by atoms with E-state index in [4.69, 9.17) is 9.47 Å². The fraction of sp³-hybridized carbons (Fsp3) is 0.125. The Morgan fingerprint density at radius 2 is 0.957 bits per heavy atom. The molecule has 46 heavy (non-hydrogen) atoms. The molecule has 2 fully saturated rings. The third-order valence-corrected chi connectivity index (χ3v) is 10.2. The second-order valence-electron chi connectivity index (χ2n) is 12.2. The van der Waals surface area contributed by atoms with Gasteiger partial charge < -0.3 is 9.47 Å². The van der Waals surface area contributed by atoms with Gasteiger partial charge >= 0.3 is 0 Å². The van der Waals surface area contributed by atoms with Crippen molar-refractivity contribution < 1.29 is 23.9 Å². The van der Waals surface area contributed by atoms with Gasteiger partial charge in [0, 0.05) is 6.07 Å². The smallest absolute Gasteiger partial charge is 0.239 e. The van der Waals surface area contributed by atoms with Crippen LogP contribution in [0, 0.1) is 11.8 Å². The lowest BCUT2D eigenvalue weighted by atomic mass is 9.59. The number of allylic oxidation sites excluding steroid dienone is 2. The Balaban J connectivity index is 1.42. The summed E-state index contributed by atoms with van der Waals surface area (Å²) in [6.45, 7) is 0.0689. The largest absolute Gasteiger partial charge is 0.454 e. The molecule has 4 atom stereocenters. The van der Waals surface area contributed by atoms with E-state index in [1.165, 1.54) is 4.90 Å². The minimum atomic E-state index is -1.44. The number of benzene rings is 5. The fourth-order valence-corrected chi connectivity index (χ4v) is 8.61. The van der Waals surface area contributed by atoms with Gasteiger partial charge in [-0.25, -0.2) is 4.90 Å². The average molecular weight is 602 g/mol. The molecule has 2 aliphatic heterocycles. The molecule has 2 amide bonds. The molecule has 5 aromatic carbocycles.